The van der Waals surface area contributed by atoms with Crippen molar-refractivity contribution in [2.45, 2.75) is 19.4 Å². The Morgan fingerprint density at radius 1 is 1.05 bits per heavy atom. The summed E-state index contributed by atoms with van der Waals surface area (Å²) in [5.41, 5.74) is 0.879. The summed E-state index contributed by atoms with van der Waals surface area (Å²) < 4.78 is 10.5. The molecule has 0 bridgehead atoms. The topological polar surface area (TPSA) is 45.2 Å². The number of methoxy groups -OCH3 is 2. The molecule has 1 aliphatic heterocycles. The van der Waals surface area contributed by atoms with Gasteiger partial charge in [-0.2, -0.15) is 0 Å². The number of ether oxygens (including phenoxy) is 2. The normalized spacial score (nSPS) is 18.2. The van der Waals surface area contributed by atoms with Crippen LogP contribution in [0.3, 0.4) is 0 Å². The number of likely N-dealkylation sites (N-methyl/N-ethyl adjacent to an activating group) is 1. The summed E-state index contributed by atoms with van der Waals surface area (Å²) in [5.74, 6) is 1.35. The van der Waals surface area contributed by atoms with E-state index in [-0.39, 0.29) is 0 Å². The monoisotopic (exact) mass is 308 g/mol. The fourth-order valence-electron chi connectivity index (χ4n) is 2.86. The molecule has 22 heavy (non-hydrogen) atoms. The van der Waals surface area contributed by atoms with Crippen LogP contribution >= 0.6 is 0 Å². The molecule has 1 aliphatic rings. The van der Waals surface area contributed by atoms with Crippen LogP contribution in [-0.4, -0.2) is 68.4 Å². The lowest BCUT2D eigenvalue weighted by atomic mass is 10.1. The highest BCUT2D eigenvalue weighted by Crippen LogP contribution is 2.30. The van der Waals surface area contributed by atoms with Gasteiger partial charge >= 0.3 is 0 Å². The van der Waals surface area contributed by atoms with Crippen LogP contribution in [0.5, 0.6) is 11.5 Å². The minimum absolute atomic E-state index is 0.469. The number of nitrogens with zero attached hydrogens (tertiary/aromatic N) is 2. The first-order valence-electron chi connectivity index (χ1n) is 8.02. The van der Waals surface area contributed by atoms with E-state index >= 15 is 0 Å². The largest absolute Gasteiger partial charge is 0.493 e. The predicted molar refractivity (Wildman–Crippen MR) is 87.7 cm³/mol. The van der Waals surface area contributed by atoms with Crippen molar-refractivity contribution in [3.63, 3.8) is 0 Å². The van der Waals surface area contributed by atoms with Gasteiger partial charge in [0.1, 0.15) is 0 Å². The van der Waals surface area contributed by atoms with Gasteiger partial charge in [0.25, 0.3) is 0 Å². The van der Waals surface area contributed by atoms with Crippen molar-refractivity contribution in [1.29, 1.82) is 0 Å². The predicted octanol–water partition coefficient (Wildman–Crippen LogP) is 1.76. The Bertz CT molecular complexity index is 459. The second-order valence-electron chi connectivity index (χ2n) is 5.69. The van der Waals surface area contributed by atoms with Gasteiger partial charge in [0, 0.05) is 32.7 Å². The molecule has 1 saturated heterocycles. The van der Waals surface area contributed by atoms with E-state index in [2.05, 4.69) is 16.7 Å². The molecule has 1 aromatic rings. The molecule has 0 spiro atoms. The van der Waals surface area contributed by atoms with Crippen molar-refractivity contribution in [1.82, 2.24) is 9.80 Å². The maximum absolute atomic E-state index is 10.4. The second-order valence-corrected chi connectivity index (χ2v) is 5.69. The molecule has 5 heteroatoms. The maximum Gasteiger partial charge on any atom is 0.161 e. The van der Waals surface area contributed by atoms with E-state index in [1.807, 2.05) is 18.2 Å². The zero-order valence-electron chi connectivity index (χ0n) is 13.9. The number of hydrogen-bond donors (Lipinski definition) is 1. The first kappa shape index (κ1) is 17.1. The van der Waals surface area contributed by atoms with Gasteiger partial charge in [0.05, 0.1) is 20.3 Å². The van der Waals surface area contributed by atoms with E-state index in [1.54, 1.807) is 14.2 Å². The molecule has 1 heterocycles. The van der Waals surface area contributed by atoms with Crippen molar-refractivity contribution in [3.8, 4) is 11.5 Å². The number of aliphatic hydroxyl groups is 1. The third kappa shape index (κ3) is 4.35. The molecule has 1 atom stereocenters. The molecule has 0 radical (unpaired) electrons. The van der Waals surface area contributed by atoms with Gasteiger partial charge in [0.15, 0.2) is 11.5 Å². The fourth-order valence-corrected chi connectivity index (χ4v) is 2.86. The van der Waals surface area contributed by atoms with Gasteiger partial charge in [-0.05, 0) is 30.7 Å². The minimum Gasteiger partial charge on any atom is -0.493 e. The first-order chi connectivity index (χ1) is 10.7. The van der Waals surface area contributed by atoms with Gasteiger partial charge in [-0.1, -0.05) is 13.0 Å². The second kappa shape index (κ2) is 8.36. The Hall–Kier alpha value is -1.30. The van der Waals surface area contributed by atoms with Crippen LogP contribution in [0, 0.1) is 0 Å². The minimum atomic E-state index is -0.469. The van der Waals surface area contributed by atoms with Gasteiger partial charge in [0.2, 0.25) is 0 Å². The van der Waals surface area contributed by atoms with Crippen molar-refractivity contribution < 1.29 is 14.6 Å². The lowest BCUT2D eigenvalue weighted by Gasteiger charge is -2.34. The average molecular weight is 308 g/mol. The summed E-state index contributed by atoms with van der Waals surface area (Å²) in [6, 6.07) is 5.61. The van der Waals surface area contributed by atoms with Crippen LogP contribution in [0.4, 0.5) is 0 Å². The van der Waals surface area contributed by atoms with Crippen LogP contribution < -0.4 is 9.47 Å². The number of hydrogen-bond acceptors (Lipinski definition) is 5. The van der Waals surface area contributed by atoms with Crippen LogP contribution in [0.15, 0.2) is 18.2 Å². The van der Waals surface area contributed by atoms with Crippen LogP contribution in [0.2, 0.25) is 0 Å². The Balaban J connectivity index is 1.86. The van der Waals surface area contributed by atoms with Crippen LogP contribution in [0.1, 0.15) is 25.0 Å². The van der Waals surface area contributed by atoms with E-state index in [0.717, 1.165) is 51.3 Å². The highest BCUT2D eigenvalue weighted by atomic mass is 16.5. The maximum atomic E-state index is 10.4. The van der Waals surface area contributed by atoms with Gasteiger partial charge in [-0.15, -0.1) is 0 Å². The van der Waals surface area contributed by atoms with Crippen molar-refractivity contribution in [2.24, 2.45) is 0 Å². The molecular formula is C17H28N2O3. The molecule has 2 rings (SSSR count). The third-order valence-electron chi connectivity index (χ3n) is 4.42. The lowest BCUT2D eigenvalue weighted by molar-refractivity contribution is 0.105. The molecule has 1 N–H and O–H groups in total. The molecule has 0 aliphatic carbocycles. The number of aliphatic hydroxyl groups excluding tert-OH is 1. The molecule has 0 saturated carbocycles. The molecule has 0 aromatic heterocycles. The molecule has 1 unspecified atom stereocenters. The summed E-state index contributed by atoms with van der Waals surface area (Å²) in [7, 11) is 3.23. The molecular weight excluding hydrogens is 280 g/mol. The molecule has 5 nitrogen and oxygen atoms in total. The lowest BCUT2D eigenvalue weighted by Crippen LogP contribution is -2.46. The van der Waals surface area contributed by atoms with Crippen molar-refractivity contribution in [2.75, 3.05) is 53.5 Å². The van der Waals surface area contributed by atoms with E-state index in [4.69, 9.17) is 9.47 Å². The highest BCUT2D eigenvalue weighted by Gasteiger charge is 2.17. The zero-order valence-corrected chi connectivity index (χ0v) is 13.9. The molecule has 1 aromatic carbocycles. The smallest absolute Gasteiger partial charge is 0.161 e. The Morgan fingerprint density at radius 3 is 2.27 bits per heavy atom. The van der Waals surface area contributed by atoms with E-state index in [0.29, 0.717) is 11.5 Å². The third-order valence-corrected chi connectivity index (χ3v) is 4.42. The van der Waals surface area contributed by atoms with Crippen LogP contribution in [-0.2, 0) is 0 Å². The highest BCUT2D eigenvalue weighted by molar-refractivity contribution is 5.43. The van der Waals surface area contributed by atoms with E-state index < -0.39 is 6.10 Å². The average Bonchev–Trinajstić information content (AvgIpc) is 2.59. The van der Waals surface area contributed by atoms with Gasteiger partial charge < -0.3 is 24.4 Å². The Morgan fingerprint density at radius 2 is 1.68 bits per heavy atom. The van der Waals surface area contributed by atoms with E-state index in [9.17, 15) is 5.11 Å². The number of piperazine rings is 1. The Labute approximate surface area is 133 Å². The van der Waals surface area contributed by atoms with Crippen molar-refractivity contribution >= 4 is 0 Å². The summed E-state index contributed by atoms with van der Waals surface area (Å²) in [5, 5.41) is 10.4. The number of benzene rings is 1. The summed E-state index contributed by atoms with van der Waals surface area (Å²) >= 11 is 0. The summed E-state index contributed by atoms with van der Waals surface area (Å²) in [6.45, 7) is 8.69. The Kier molecular flexibility index (Phi) is 6.49. The van der Waals surface area contributed by atoms with Crippen molar-refractivity contribution in [3.05, 3.63) is 23.8 Å². The molecule has 124 valence electrons. The van der Waals surface area contributed by atoms with Crippen LogP contribution in [0.25, 0.3) is 0 Å². The fraction of sp³-hybridized carbons (Fsp3) is 0.647. The summed E-state index contributed by atoms with van der Waals surface area (Å²) in [4.78, 5) is 4.89. The van der Waals surface area contributed by atoms with Gasteiger partial charge in [-0.25, -0.2) is 0 Å². The zero-order chi connectivity index (χ0) is 15.9. The standard InChI is InChI=1S/C17H28N2O3/c1-4-18-9-11-19(12-10-18)8-7-15(20)14-5-6-16(21-2)17(13-14)22-3/h5-6,13,15,20H,4,7-12H2,1-3H3. The van der Waals surface area contributed by atoms with Gasteiger partial charge in [-0.3, -0.25) is 0 Å². The van der Waals surface area contributed by atoms with E-state index in [1.165, 1.54) is 0 Å². The number of rotatable bonds is 7. The first-order valence-corrected chi connectivity index (χ1v) is 8.02. The molecule has 0 amide bonds. The quantitative estimate of drug-likeness (QED) is 0.832. The molecule has 1 fully saturated rings. The summed E-state index contributed by atoms with van der Waals surface area (Å²) in [6.07, 6.45) is 0.269. The SMILES string of the molecule is CCN1CCN(CCC(O)c2ccc(OC)c(OC)c2)CC1.